The summed E-state index contributed by atoms with van der Waals surface area (Å²) in [5, 5.41) is 18.4. The molecule has 2 heterocycles. The van der Waals surface area contributed by atoms with Gasteiger partial charge in [-0.15, -0.1) is 10.1 Å². The van der Waals surface area contributed by atoms with Crippen molar-refractivity contribution in [2.24, 2.45) is 0 Å². The third kappa shape index (κ3) is 1.45. The predicted octanol–water partition coefficient (Wildman–Crippen LogP) is -1.28. The zero-order valence-corrected chi connectivity index (χ0v) is 6.66. The second-order valence-electron chi connectivity index (χ2n) is 3.03. The smallest absolute Gasteiger partial charge is 0.294 e. The zero-order valence-electron chi connectivity index (χ0n) is 6.66. The quantitative estimate of drug-likeness (QED) is 0.432. The van der Waals surface area contributed by atoms with E-state index in [0.717, 1.165) is 0 Å². The van der Waals surface area contributed by atoms with Crippen LogP contribution in [0.3, 0.4) is 0 Å². The SMILES string of the molecule is O=[N+]([O-])O[C@H]1CO[C@@H]2[C@@H]1OC[C@@H]2O. The lowest BCUT2D eigenvalue weighted by Gasteiger charge is -2.12. The lowest BCUT2D eigenvalue weighted by molar-refractivity contribution is -0.769. The van der Waals surface area contributed by atoms with Crippen molar-refractivity contribution in [3.63, 3.8) is 0 Å². The molecule has 0 amide bonds. The van der Waals surface area contributed by atoms with Crippen LogP contribution in [-0.2, 0) is 14.3 Å². The Labute approximate surface area is 73.3 Å². The Morgan fingerprint density at radius 2 is 2.08 bits per heavy atom. The monoisotopic (exact) mass is 191 g/mol. The Morgan fingerprint density at radius 3 is 2.77 bits per heavy atom. The van der Waals surface area contributed by atoms with E-state index >= 15 is 0 Å². The van der Waals surface area contributed by atoms with Crippen LogP contribution in [0.4, 0.5) is 0 Å². The molecular formula is C6H9NO6. The largest absolute Gasteiger partial charge is 0.388 e. The third-order valence-corrected chi connectivity index (χ3v) is 2.20. The average molecular weight is 191 g/mol. The third-order valence-electron chi connectivity index (χ3n) is 2.20. The second kappa shape index (κ2) is 3.09. The molecule has 2 aliphatic heterocycles. The molecule has 0 radical (unpaired) electrons. The van der Waals surface area contributed by atoms with Crippen molar-refractivity contribution in [2.75, 3.05) is 13.2 Å². The number of rotatable bonds is 2. The molecule has 0 aliphatic carbocycles. The molecule has 2 fully saturated rings. The van der Waals surface area contributed by atoms with Gasteiger partial charge in [0.05, 0.1) is 13.2 Å². The lowest BCUT2D eigenvalue weighted by Crippen LogP contribution is -2.33. The molecule has 0 aromatic rings. The fourth-order valence-electron chi connectivity index (χ4n) is 1.64. The number of ether oxygens (including phenoxy) is 2. The number of fused-ring (bicyclic) bond motifs is 1. The Kier molecular flexibility index (Phi) is 2.06. The maximum absolute atomic E-state index is 10.0. The molecule has 4 atom stereocenters. The molecular weight excluding hydrogens is 182 g/mol. The Balaban J connectivity index is 1.98. The van der Waals surface area contributed by atoms with Crippen molar-refractivity contribution < 1.29 is 24.5 Å². The van der Waals surface area contributed by atoms with E-state index < -0.39 is 29.5 Å². The Morgan fingerprint density at radius 1 is 1.38 bits per heavy atom. The van der Waals surface area contributed by atoms with Gasteiger partial charge in [-0.25, -0.2) is 0 Å². The molecule has 7 nitrogen and oxygen atoms in total. The molecule has 7 heteroatoms. The van der Waals surface area contributed by atoms with Gasteiger partial charge in [0.15, 0.2) is 6.10 Å². The number of hydrogen-bond donors (Lipinski definition) is 1. The number of aliphatic hydroxyl groups is 1. The maximum atomic E-state index is 10.0. The van der Waals surface area contributed by atoms with Crippen LogP contribution in [-0.4, -0.2) is 47.8 Å². The van der Waals surface area contributed by atoms with Crippen LogP contribution >= 0.6 is 0 Å². The highest BCUT2D eigenvalue weighted by molar-refractivity contribution is 4.94. The van der Waals surface area contributed by atoms with E-state index in [1.807, 2.05) is 0 Å². The molecule has 0 unspecified atom stereocenters. The van der Waals surface area contributed by atoms with Crippen LogP contribution in [0.2, 0.25) is 0 Å². The van der Waals surface area contributed by atoms with Gasteiger partial charge in [0.25, 0.3) is 5.09 Å². The molecule has 13 heavy (non-hydrogen) atoms. The van der Waals surface area contributed by atoms with Crippen LogP contribution in [0.5, 0.6) is 0 Å². The van der Waals surface area contributed by atoms with Gasteiger partial charge in [0.1, 0.15) is 18.3 Å². The number of hydrogen-bond acceptors (Lipinski definition) is 6. The summed E-state index contributed by atoms with van der Waals surface area (Å²) in [6.45, 7) is 0.236. The summed E-state index contributed by atoms with van der Waals surface area (Å²) in [6.07, 6.45) is -2.41. The first-order valence-electron chi connectivity index (χ1n) is 3.91. The van der Waals surface area contributed by atoms with E-state index in [-0.39, 0.29) is 13.2 Å². The first kappa shape index (κ1) is 8.67. The van der Waals surface area contributed by atoms with Gasteiger partial charge in [-0.1, -0.05) is 0 Å². The summed E-state index contributed by atoms with van der Waals surface area (Å²) in [7, 11) is 0. The normalized spacial score (nSPS) is 43.2. The fourth-order valence-corrected chi connectivity index (χ4v) is 1.64. The Bertz CT molecular complexity index is 221. The summed E-state index contributed by atoms with van der Waals surface area (Å²) < 4.78 is 10.2. The van der Waals surface area contributed by atoms with Gasteiger partial charge in [-0.3, -0.25) is 0 Å². The molecule has 2 rings (SSSR count). The highest BCUT2D eigenvalue weighted by Gasteiger charge is 2.48. The first-order valence-corrected chi connectivity index (χ1v) is 3.91. The van der Waals surface area contributed by atoms with Gasteiger partial charge in [-0.2, -0.15) is 0 Å². The second-order valence-corrected chi connectivity index (χ2v) is 3.03. The highest BCUT2D eigenvalue weighted by atomic mass is 17.0. The molecule has 0 aromatic carbocycles. The standard InChI is InChI=1S/C6H9NO6/c8-3-1-11-6-4(13-7(9)10)2-12-5(3)6/h3-6,8H,1-2H2/t3-,4-,5-,6+/m0/s1. The summed E-state index contributed by atoms with van der Waals surface area (Å²) in [6, 6.07) is 0. The predicted molar refractivity (Wildman–Crippen MR) is 37.4 cm³/mol. The fraction of sp³-hybridized carbons (Fsp3) is 1.00. The Hall–Kier alpha value is -0.920. The van der Waals surface area contributed by atoms with Crippen LogP contribution in [0.1, 0.15) is 0 Å². The van der Waals surface area contributed by atoms with Crippen molar-refractivity contribution in [2.45, 2.75) is 24.4 Å². The van der Waals surface area contributed by atoms with E-state index in [1.54, 1.807) is 0 Å². The highest BCUT2D eigenvalue weighted by Crippen LogP contribution is 2.28. The van der Waals surface area contributed by atoms with Crippen LogP contribution in [0.15, 0.2) is 0 Å². The van der Waals surface area contributed by atoms with Crippen molar-refractivity contribution in [3.05, 3.63) is 10.1 Å². The number of aliphatic hydroxyl groups excluding tert-OH is 1. The van der Waals surface area contributed by atoms with E-state index in [2.05, 4.69) is 4.84 Å². The van der Waals surface area contributed by atoms with E-state index in [4.69, 9.17) is 9.47 Å². The summed E-state index contributed by atoms with van der Waals surface area (Å²) in [5.74, 6) is 0. The maximum Gasteiger partial charge on any atom is 0.294 e. The summed E-state index contributed by atoms with van der Waals surface area (Å²) in [4.78, 5) is 14.4. The van der Waals surface area contributed by atoms with Gasteiger partial charge in [-0.05, 0) is 0 Å². The van der Waals surface area contributed by atoms with Crippen molar-refractivity contribution in [3.8, 4) is 0 Å². The molecule has 0 spiro atoms. The van der Waals surface area contributed by atoms with Crippen LogP contribution in [0.25, 0.3) is 0 Å². The van der Waals surface area contributed by atoms with E-state index in [0.29, 0.717) is 0 Å². The van der Waals surface area contributed by atoms with Crippen LogP contribution < -0.4 is 0 Å². The van der Waals surface area contributed by atoms with Crippen molar-refractivity contribution in [1.29, 1.82) is 0 Å². The van der Waals surface area contributed by atoms with Gasteiger partial charge in [0.2, 0.25) is 0 Å². The summed E-state index contributed by atoms with van der Waals surface area (Å²) in [5.41, 5.74) is 0. The molecule has 74 valence electrons. The molecule has 0 saturated carbocycles. The average Bonchev–Trinajstić information content (AvgIpc) is 2.56. The minimum absolute atomic E-state index is 0.0906. The van der Waals surface area contributed by atoms with Gasteiger partial charge in [0, 0.05) is 0 Å². The van der Waals surface area contributed by atoms with Crippen molar-refractivity contribution >= 4 is 0 Å². The first-order chi connectivity index (χ1) is 6.18. The molecule has 1 N–H and O–H groups in total. The summed E-state index contributed by atoms with van der Waals surface area (Å²) >= 11 is 0. The minimum atomic E-state index is -0.871. The topological polar surface area (TPSA) is 91.1 Å². The molecule has 0 aromatic heterocycles. The lowest BCUT2D eigenvalue weighted by atomic mass is 10.1. The van der Waals surface area contributed by atoms with Crippen molar-refractivity contribution in [1.82, 2.24) is 0 Å². The van der Waals surface area contributed by atoms with Gasteiger partial charge >= 0.3 is 0 Å². The molecule has 0 bridgehead atoms. The van der Waals surface area contributed by atoms with E-state index in [9.17, 15) is 15.2 Å². The van der Waals surface area contributed by atoms with Gasteiger partial charge < -0.3 is 19.4 Å². The minimum Gasteiger partial charge on any atom is -0.388 e. The van der Waals surface area contributed by atoms with E-state index in [1.165, 1.54) is 0 Å². The van der Waals surface area contributed by atoms with Crippen LogP contribution in [0, 0.1) is 10.1 Å². The molecule has 2 aliphatic rings. The zero-order chi connectivity index (χ0) is 9.42. The number of nitrogens with zero attached hydrogens (tertiary/aromatic N) is 1. The molecule has 2 saturated heterocycles.